The highest BCUT2D eigenvalue weighted by Gasteiger charge is 2.37. The van der Waals surface area contributed by atoms with Crippen LogP contribution in [0.3, 0.4) is 0 Å². The highest BCUT2D eigenvalue weighted by molar-refractivity contribution is 5.99. The van der Waals surface area contributed by atoms with E-state index in [-0.39, 0.29) is 56.3 Å². The van der Waals surface area contributed by atoms with Gasteiger partial charge in [-0.1, -0.05) is 62.4 Å². The van der Waals surface area contributed by atoms with E-state index in [0.717, 1.165) is 44.0 Å². The number of hydrogen-bond donors (Lipinski definition) is 18. The summed E-state index contributed by atoms with van der Waals surface area (Å²) in [6.45, 7) is 1.25. The summed E-state index contributed by atoms with van der Waals surface area (Å²) in [4.78, 5) is 163. The number of aromatic amines is 1. The maximum Gasteiger partial charge on any atom is 0.303 e. The van der Waals surface area contributed by atoms with E-state index in [1.807, 2.05) is 24.3 Å². The van der Waals surface area contributed by atoms with E-state index in [0.29, 0.717) is 24.0 Å². The molecular weight excluding hydrogens is 1150 g/mol. The number of amides is 11. The van der Waals surface area contributed by atoms with Gasteiger partial charge in [-0.25, -0.2) is 0 Å². The summed E-state index contributed by atoms with van der Waals surface area (Å²) in [6.07, 6.45) is 1.80. The maximum atomic E-state index is 14.1. The number of aromatic hydroxyl groups is 1. The van der Waals surface area contributed by atoms with E-state index in [9.17, 15) is 72.9 Å². The van der Waals surface area contributed by atoms with Crippen molar-refractivity contribution in [1.29, 1.82) is 5.41 Å². The number of benzene rings is 2. The number of hydrogen-bond acceptors (Lipinski definition) is 16. The highest BCUT2D eigenvalue weighted by Crippen LogP contribution is 2.28. The molecule has 4 rings (SSSR count). The lowest BCUT2D eigenvalue weighted by molar-refractivity contribution is -0.139. The molecule has 1 aromatic heterocycles. The van der Waals surface area contributed by atoms with Gasteiger partial charge in [-0.2, -0.15) is 0 Å². The smallest absolute Gasteiger partial charge is 0.303 e. The molecule has 1 fully saturated rings. The molecule has 31 heteroatoms. The van der Waals surface area contributed by atoms with Gasteiger partial charge in [-0.3, -0.25) is 62.9 Å². The SMILES string of the molecule is CNC(=N)NCCC[C@H](NC(=O)[C@H](COC)NC(=O)CNC(=O)[C@H](CC1CCCCC1)NC(=O)[C@@H](NC(=O)[C@H](CC(N)=O)NC(=O)[C@H](CCC(=O)O)NC(=O)[C@@H](Cc1ccc(O)cc1)NC(C)=O)[C@@H](C)O)C(=O)N[C@@H](Cc1c[nH]c2ccccc12)C(N)=O. The van der Waals surface area contributed by atoms with Crippen LogP contribution >= 0.6 is 0 Å². The molecule has 2 aromatic carbocycles. The van der Waals surface area contributed by atoms with Gasteiger partial charge in [0.15, 0.2) is 5.96 Å². The van der Waals surface area contributed by atoms with Crippen LogP contribution in [0.25, 0.3) is 10.9 Å². The van der Waals surface area contributed by atoms with Crippen molar-refractivity contribution in [3.63, 3.8) is 0 Å². The largest absolute Gasteiger partial charge is 0.508 e. The van der Waals surface area contributed by atoms with Crippen molar-refractivity contribution in [3.05, 3.63) is 65.9 Å². The minimum Gasteiger partial charge on any atom is -0.508 e. The number of aliphatic carboxylic acids is 1. The van der Waals surface area contributed by atoms with Gasteiger partial charge in [0.1, 0.15) is 54.1 Å². The number of rotatable bonds is 36. The maximum absolute atomic E-state index is 14.1. The molecule has 88 heavy (non-hydrogen) atoms. The van der Waals surface area contributed by atoms with Crippen LogP contribution in [-0.4, -0.2) is 186 Å². The number of nitrogens with two attached hydrogens (primary N) is 2. The number of methoxy groups -OCH3 is 1. The van der Waals surface area contributed by atoms with E-state index in [1.165, 1.54) is 38.4 Å². The fraction of sp³-hybridized carbons (Fsp3) is 0.526. The van der Waals surface area contributed by atoms with Gasteiger partial charge in [0.2, 0.25) is 65.0 Å². The number of carboxylic acid groups (broad SMARTS) is 1. The monoisotopic (exact) mass is 1230 g/mol. The quantitative estimate of drug-likeness (QED) is 0.0152. The number of H-pyrrole nitrogens is 1. The minimum absolute atomic E-state index is 0.00429. The molecule has 0 spiro atoms. The zero-order valence-electron chi connectivity index (χ0n) is 49.6. The Kier molecular flexibility index (Phi) is 29.0. The molecular formula is C57H83N15O16. The first kappa shape index (κ1) is 71.1. The van der Waals surface area contributed by atoms with Crippen molar-refractivity contribution >= 4 is 87.8 Å². The zero-order chi connectivity index (χ0) is 65.0. The average molecular weight is 1230 g/mol. The molecule has 1 aliphatic carbocycles. The van der Waals surface area contributed by atoms with Crippen LogP contribution in [0.15, 0.2) is 54.7 Å². The molecule has 0 radical (unpaired) electrons. The Morgan fingerprint density at radius 3 is 1.88 bits per heavy atom. The lowest BCUT2D eigenvalue weighted by Crippen LogP contribution is -2.62. The van der Waals surface area contributed by atoms with Crippen molar-refractivity contribution in [3.8, 4) is 5.75 Å². The molecule has 31 nitrogen and oxygen atoms in total. The van der Waals surface area contributed by atoms with E-state index in [4.69, 9.17) is 21.6 Å². The topological polar surface area (TPSA) is 499 Å². The molecule has 3 aromatic rings. The molecule has 0 bridgehead atoms. The van der Waals surface area contributed by atoms with Crippen LogP contribution in [0.4, 0.5) is 0 Å². The second-order valence-electron chi connectivity index (χ2n) is 21.5. The lowest BCUT2D eigenvalue weighted by atomic mass is 9.84. The van der Waals surface area contributed by atoms with Gasteiger partial charge in [0.25, 0.3) is 0 Å². The Hall–Kier alpha value is -9.39. The van der Waals surface area contributed by atoms with Crippen LogP contribution in [0, 0.1) is 11.3 Å². The third-order valence-corrected chi connectivity index (χ3v) is 14.4. The summed E-state index contributed by atoms with van der Waals surface area (Å²) in [7, 11) is 2.78. The first-order chi connectivity index (χ1) is 41.8. The number of phenols is 1. The van der Waals surface area contributed by atoms with E-state index < -0.39 is 158 Å². The molecule has 1 heterocycles. The third-order valence-electron chi connectivity index (χ3n) is 14.4. The van der Waals surface area contributed by atoms with Crippen LogP contribution in [0.5, 0.6) is 5.75 Å². The molecule has 0 unspecified atom stereocenters. The number of phenolic OH excluding ortho intramolecular Hbond substituents is 1. The number of aliphatic hydroxyl groups excluding tert-OH is 1. The van der Waals surface area contributed by atoms with Crippen molar-refractivity contribution in [2.45, 2.75) is 152 Å². The van der Waals surface area contributed by atoms with Gasteiger partial charge < -0.3 is 95.0 Å². The van der Waals surface area contributed by atoms with Gasteiger partial charge >= 0.3 is 5.97 Å². The summed E-state index contributed by atoms with van der Waals surface area (Å²) in [5.41, 5.74) is 13.2. The number of fused-ring (bicyclic) bond motifs is 1. The van der Waals surface area contributed by atoms with E-state index >= 15 is 0 Å². The Morgan fingerprint density at radius 1 is 0.682 bits per heavy atom. The molecule has 482 valence electrons. The number of guanidine groups is 1. The third kappa shape index (κ3) is 24.2. The van der Waals surface area contributed by atoms with Crippen LogP contribution in [-0.2, 0) is 75.1 Å². The fourth-order valence-electron chi connectivity index (χ4n) is 9.77. The number of ether oxygens (including phenoxy) is 1. The Labute approximate surface area is 507 Å². The molecule has 0 aliphatic heterocycles. The Morgan fingerprint density at radius 2 is 1.27 bits per heavy atom. The molecule has 0 saturated heterocycles. The number of carbonyl (C=O) groups is 12. The summed E-state index contributed by atoms with van der Waals surface area (Å²) < 4.78 is 5.23. The van der Waals surface area contributed by atoms with Crippen LogP contribution in [0.2, 0.25) is 0 Å². The number of aliphatic hydroxyl groups is 1. The van der Waals surface area contributed by atoms with Gasteiger partial charge in [-0.15, -0.1) is 0 Å². The summed E-state index contributed by atoms with van der Waals surface area (Å²) >= 11 is 0. The van der Waals surface area contributed by atoms with Crippen molar-refractivity contribution in [2.24, 2.45) is 17.4 Å². The molecule has 1 saturated carbocycles. The van der Waals surface area contributed by atoms with E-state index in [2.05, 4.69) is 63.5 Å². The highest BCUT2D eigenvalue weighted by atomic mass is 16.5. The number of aromatic nitrogens is 1. The second-order valence-corrected chi connectivity index (χ2v) is 21.5. The normalized spacial score (nSPS) is 15.3. The van der Waals surface area contributed by atoms with Gasteiger partial charge in [0, 0.05) is 64.0 Å². The zero-order valence-corrected chi connectivity index (χ0v) is 49.6. The summed E-state index contributed by atoms with van der Waals surface area (Å²) in [6, 6.07) is 0.723. The number of carbonyl (C=O) groups excluding carboxylic acids is 11. The fourth-order valence-corrected chi connectivity index (χ4v) is 9.77. The second kappa shape index (κ2) is 35.9. The predicted molar refractivity (Wildman–Crippen MR) is 317 cm³/mol. The Balaban J connectivity index is 1.48. The predicted octanol–water partition coefficient (Wildman–Crippen LogP) is -3.58. The number of primary amides is 2. The number of para-hydroxylation sites is 1. The number of carboxylic acids is 1. The lowest BCUT2D eigenvalue weighted by Gasteiger charge is -2.29. The summed E-state index contributed by atoms with van der Waals surface area (Å²) in [5, 5.41) is 66.2. The standard InChI is InChI=1S/C57H83N15O16/c1-30(73)48(72-54(85)43(26-45(58)76)70-52(83)39(20-21-47(78)79)68-53(84)42(65-31(2)74)24-33-16-18-35(75)19-17-33)56(87)71-41(23-32-11-6-5-7-12-32)50(81)64-28-46(77)66-44(29-88-4)55(86)67-38(15-10-22-62-57(60)61-3)51(82)69-40(49(59)80)25-34-27-63-37-14-9-8-13-36(34)37/h8-9,13-14,16-19,27,30,32,38-44,48,63,73,75H,5-7,10-12,15,20-26,28-29H2,1-4H3,(H2,58,76)(H2,59,80)(H,64,81)(H,65,74)(H,66,77)(H,67,86)(H,68,84)(H,69,82)(H,70,83)(H,71,87)(H,72,85)(H,78,79)(H3,60,61,62)/t30-,38+,39+,40+,41+,42-,43+,44+,48+/m1/s1. The molecule has 11 amide bonds. The van der Waals surface area contributed by atoms with Crippen LogP contribution < -0.4 is 70.0 Å². The van der Waals surface area contributed by atoms with Gasteiger partial charge in [-0.05, 0) is 67.9 Å². The van der Waals surface area contributed by atoms with Crippen molar-refractivity contribution < 1.29 is 77.6 Å². The van der Waals surface area contributed by atoms with E-state index in [1.54, 1.807) is 6.20 Å². The molecule has 9 atom stereocenters. The first-order valence-electron chi connectivity index (χ1n) is 28.7. The van der Waals surface area contributed by atoms with Crippen molar-refractivity contribution in [2.75, 3.05) is 33.9 Å². The Bertz CT molecular complexity index is 2930. The van der Waals surface area contributed by atoms with Gasteiger partial charge in [0.05, 0.1) is 25.7 Å². The van der Waals surface area contributed by atoms with Crippen molar-refractivity contribution in [1.82, 2.24) is 63.5 Å². The molecule has 1 aliphatic rings. The summed E-state index contributed by atoms with van der Waals surface area (Å²) in [5.74, 6) is -12.2. The minimum atomic E-state index is -1.91. The number of nitrogens with one attached hydrogen (secondary N) is 13. The molecule has 20 N–H and O–H groups in total. The van der Waals surface area contributed by atoms with Crippen LogP contribution in [0.1, 0.15) is 95.6 Å². The first-order valence-corrected chi connectivity index (χ1v) is 28.7. The average Bonchev–Trinajstić information content (AvgIpc) is 4.05.